The van der Waals surface area contributed by atoms with Crippen LogP contribution in [0.5, 0.6) is 0 Å². The number of rotatable bonds is 4. The van der Waals surface area contributed by atoms with Gasteiger partial charge in [0.1, 0.15) is 10.8 Å². The van der Waals surface area contributed by atoms with E-state index in [1.807, 2.05) is 18.0 Å². The highest BCUT2D eigenvalue weighted by Crippen LogP contribution is 2.26. The van der Waals surface area contributed by atoms with Crippen LogP contribution in [0, 0.1) is 5.82 Å². The monoisotopic (exact) mass is 299 g/mol. The van der Waals surface area contributed by atoms with Crippen LogP contribution in [0.15, 0.2) is 18.2 Å². The highest BCUT2D eigenvalue weighted by atomic mass is 35.5. The summed E-state index contributed by atoms with van der Waals surface area (Å²) in [6.07, 6.45) is 0. The highest BCUT2D eigenvalue weighted by molar-refractivity contribution is 7.15. The van der Waals surface area contributed by atoms with Crippen molar-refractivity contribution in [2.24, 2.45) is 0 Å². The third kappa shape index (κ3) is 3.42. The number of aromatic nitrogens is 2. The Hall–Kier alpha value is -1.20. The highest BCUT2D eigenvalue weighted by Gasteiger charge is 2.12. The van der Waals surface area contributed by atoms with Crippen LogP contribution < -0.4 is 4.90 Å². The number of hydrogen-bond donors (Lipinski definition) is 0. The van der Waals surface area contributed by atoms with Gasteiger partial charge in [-0.2, -0.15) is 0 Å². The van der Waals surface area contributed by atoms with E-state index in [4.69, 9.17) is 11.6 Å². The smallest absolute Gasteiger partial charge is 0.208 e. The number of anilines is 1. The summed E-state index contributed by atoms with van der Waals surface area (Å²) in [5, 5.41) is 10.3. The lowest BCUT2D eigenvalue weighted by molar-refractivity contribution is 0.625. The topological polar surface area (TPSA) is 29.0 Å². The number of benzene rings is 1. The molecule has 0 aliphatic carbocycles. The minimum atomic E-state index is -0.396. The molecule has 0 spiro atoms. The molecule has 0 saturated carbocycles. The van der Waals surface area contributed by atoms with Gasteiger partial charge in [0.05, 0.1) is 5.02 Å². The Labute approximate surface area is 121 Å². The number of halogens is 2. The molecule has 1 heterocycles. The van der Waals surface area contributed by atoms with Crippen molar-refractivity contribution in [3.8, 4) is 0 Å². The maximum absolute atomic E-state index is 13.4. The molecular formula is C13H15ClFN3S. The summed E-state index contributed by atoms with van der Waals surface area (Å²) in [5.41, 5.74) is 0.852. The Morgan fingerprint density at radius 1 is 1.37 bits per heavy atom. The van der Waals surface area contributed by atoms with Crippen LogP contribution in [0.4, 0.5) is 9.52 Å². The van der Waals surface area contributed by atoms with E-state index < -0.39 is 5.82 Å². The molecule has 0 amide bonds. The van der Waals surface area contributed by atoms with Crippen LogP contribution in [0.25, 0.3) is 0 Å². The minimum absolute atomic E-state index is 0.143. The second kappa shape index (κ2) is 5.84. The first-order valence-corrected chi connectivity index (χ1v) is 7.15. The maximum Gasteiger partial charge on any atom is 0.208 e. The molecule has 6 heteroatoms. The van der Waals surface area contributed by atoms with Crippen LogP contribution in [0.2, 0.25) is 5.02 Å². The summed E-state index contributed by atoms with van der Waals surface area (Å²) < 4.78 is 13.4. The molecule has 3 nitrogen and oxygen atoms in total. The third-order valence-corrected chi connectivity index (χ3v) is 4.30. The molecule has 2 rings (SSSR count). The molecule has 0 bridgehead atoms. The fourth-order valence-corrected chi connectivity index (χ4v) is 2.52. The zero-order chi connectivity index (χ0) is 14.0. The molecule has 0 atom stereocenters. The zero-order valence-corrected chi connectivity index (χ0v) is 12.6. The van der Waals surface area contributed by atoms with Crippen LogP contribution in [0.1, 0.15) is 30.3 Å². The Balaban J connectivity index is 2.11. The van der Waals surface area contributed by atoms with Crippen LogP contribution in [-0.2, 0) is 6.54 Å². The van der Waals surface area contributed by atoms with Crippen LogP contribution >= 0.6 is 22.9 Å². The largest absolute Gasteiger partial charge is 0.345 e. The molecule has 0 aliphatic rings. The van der Waals surface area contributed by atoms with Gasteiger partial charge in [0.15, 0.2) is 0 Å². The van der Waals surface area contributed by atoms with Crippen molar-refractivity contribution in [3.63, 3.8) is 0 Å². The van der Waals surface area contributed by atoms with Gasteiger partial charge in [0, 0.05) is 19.5 Å². The van der Waals surface area contributed by atoms with Gasteiger partial charge in [0.2, 0.25) is 5.13 Å². The van der Waals surface area contributed by atoms with Crippen molar-refractivity contribution in [1.82, 2.24) is 10.2 Å². The summed E-state index contributed by atoms with van der Waals surface area (Å²) in [6, 6.07) is 4.83. The van der Waals surface area contributed by atoms with Gasteiger partial charge in [-0.25, -0.2) is 4.39 Å². The van der Waals surface area contributed by atoms with Crippen molar-refractivity contribution in [2.75, 3.05) is 11.9 Å². The zero-order valence-electron chi connectivity index (χ0n) is 11.0. The number of nitrogens with zero attached hydrogens (tertiary/aromatic N) is 3. The minimum Gasteiger partial charge on any atom is -0.345 e. The molecule has 0 N–H and O–H groups in total. The van der Waals surface area contributed by atoms with E-state index in [1.165, 1.54) is 6.07 Å². The molecule has 0 saturated heterocycles. The van der Waals surface area contributed by atoms with Crippen molar-refractivity contribution in [3.05, 3.63) is 39.6 Å². The molecule has 0 radical (unpaired) electrons. The first-order valence-electron chi connectivity index (χ1n) is 5.96. The quantitative estimate of drug-likeness (QED) is 0.851. The average molecular weight is 300 g/mol. The summed E-state index contributed by atoms with van der Waals surface area (Å²) in [7, 11) is 1.91. The second-order valence-electron chi connectivity index (χ2n) is 4.68. The average Bonchev–Trinajstić information content (AvgIpc) is 2.83. The molecule has 0 unspecified atom stereocenters. The van der Waals surface area contributed by atoms with Crippen molar-refractivity contribution in [2.45, 2.75) is 26.3 Å². The molecular weight excluding hydrogens is 285 g/mol. The van der Waals surface area contributed by atoms with Gasteiger partial charge in [-0.05, 0) is 17.7 Å². The first-order chi connectivity index (χ1) is 8.97. The molecule has 1 aromatic heterocycles. The molecule has 102 valence electrons. The Morgan fingerprint density at radius 3 is 2.68 bits per heavy atom. The maximum atomic E-state index is 13.4. The summed E-state index contributed by atoms with van der Waals surface area (Å²) in [4.78, 5) is 1.95. The van der Waals surface area contributed by atoms with Gasteiger partial charge in [-0.15, -0.1) is 10.2 Å². The summed E-state index contributed by atoms with van der Waals surface area (Å²) in [5.74, 6) is -0.0275. The Bertz CT molecular complexity index is 571. The second-order valence-corrected chi connectivity index (χ2v) is 6.08. The molecule has 1 aromatic carbocycles. The van der Waals surface area contributed by atoms with Gasteiger partial charge in [-0.1, -0.05) is 42.9 Å². The summed E-state index contributed by atoms with van der Waals surface area (Å²) in [6.45, 7) is 4.73. The normalized spacial score (nSPS) is 11.1. The fourth-order valence-electron chi connectivity index (χ4n) is 1.59. The first kappa shape index (κ1) is 14.2. The molecule has 0 fully saturated rings. The van der Waals surface area contributed by atoms with Gasteiger partial charge in [-0.3, -0.25) is 0 Å². The van der Waals surface area contributed by atoms with Crippen LogP contribution in [0.3, 0.4) is 0 Å². The van der Waals surface area contributed by atoms with Crippen molar-refractivity contribution >= 4 is 28.1 Å². The van der Waals surface area contributed by atoms with E-state index in [-0.39, 0.29) is 5.02 Å². The Kier molecular flexibility index (Phi) is 4.37. The Morgan fingerprint density at radius 2 is 2.11 bits per heavy atom. The molecule has 2 aromatic rings. The number of hydrogen-bond acceptors (Lipinski definition) is 4. The fraction of sp³-hybridized carbons (Fsp3) is 0.385. The van der Waals surface area contributed by atoms with Crippen molar-refractivity contribution in [1.29, 1.82) is 0 Å². The van der Waals surface area contributed by atoms with Gasteiger partial charge < -0.3 is 4.90 Å². The lowest BCUT2D eigenvalue weighted by atomic mass is 10.2. The van der Waals surface area contributed by atoms with Crippen LogP contribution in [-0.4, -0.2) is 17.2 Å². The van der Waals surface area contributed by atoms with Gasteiger partial charge >= 0.3 is 0 Å². The molecule has 19 heavy (non-hydrogen) atoms. The van der Waals surface area contributed by atoms with E-state index in [0.717, 1.165) is 15.7 Å². The standard InChI is InChI=1S/C13H15ClFN3S/c1-8(2)12-16-17-13(19-12)18(3)7-9-4-5-10(14)11(15)6-9/h4-6,8H,7H2,1-3H3. The van der Waals surface area contributed by atoms with E-state index in [9.17, 15) is 4.39 Å². The predicted molar refractivity (Wildman–Crippen MR) is 77.5 cm³/mol. The van der Waals surface area contributed by atoms with E-state index in [0.29, 0.717) is 12.5 Å². The van der Waals surface area contributed by atoms with Crippen molar-refractivity contribution < 1.29 is 4.39 Å². The van der Waals surface area contributed by atoms with E-state index in [2.05, 4.69) is 24.0 Å². The lowest BCUT2D eigenvalue weighted by Crippen LogP contribution is -2.16. The summed E-state index contributed by atoms with van der Waals surface area (Å²) >= 11 is 7.22. The molecule has 0 aliphatic heterocycles. The SMILES string of the molecule is CC(C)c1nnc(N(C)Cc2ccc(Cl)c(F)c2)s1. The predicted octanol–water partition coefficient (Wildman–Crippen LogP) is 4.09. The van der Waals surface area contributed by atoms with E-state index >= 15 is 0 Å². The third-order valence-electron chi connectivity index (χ3n) is 2.65. The van der Waals surface area contributed by atoms with E-state index in [1.54, 1.807) is 17.4 Å². The lowest BCUT2D eigenvalue weighted by Gasteiger charge is -2.15. The van der Waals surface area contributed by atoms with Gasteiger partial charge in [0.25, 0.3) is 0 Å².